The van der Waals surface area contributed by atoms with Gasteiger partial charge in [-0.25, -0.2) is 0 Å². The Kier molecular flexibility index (Phi) is 6.37. The lowest BCUT2D eigenvalue weighted by Crippen LogP contribution is -2.30. The van der Waals surface area contributed by atoms with E-state index < -0.39 is 0 Å². The minimum Gasteiger partial charge on any atom is -0.393 e. The van der Waals surface area contributed by atoms with E-state index in [0.29, 0.717) is 12.0 Å². The molecule has 0 aromatic rings. The lowest BCUT2D eigenvalue weighted by atomic mass is 9.87. The standard InChI is InChI=1S/C7H15N.C7H14O/c2*1-6-4-2-3-5-7(6)8/h6-7H,2-5,8H2,1H3;6-8H,2-5H2,1H3/t2*6-,7+/m10/s1. The zero-order chi connectivity index (χ0) is 12.0. The van der Waals surface area contributed by atoms with Crippen LogP contribution in [0.25, 0.3) is 0 Å². The molecule has 0 bridgehead atoms. The topological polar surface area (TPSA) is 46.2 Å². The molecule has 0 aliphatic heterocycles. The third kappa shape index (κ3) is 4.84. The van der Waals surface area contributed by atoms with Gasteiger partial charge >= 0.3 is 0 Å². The Balaban J connectivity index is 0.000000160. The third-order valence-electron chi connectivity index (χ3n) is 4.24. The van der Waals surface area contributed by atoms with Gasteiger partial charge in [0.2, 0.25) is 0 Å². The van der Waals surface area contributed by atoms with Crippen LogP contribution in [0.2, 0.25) is 0 Å². The summed E-state index contributed by atoms with van der Waals surface area (Å²) in [5, 5.41) is 9.18. The highest BCUT2D eigenvalue weighted by Gasteiger charge is 2.17. The van der Waals surface area contributed by atoms with Crippen molar-refractivity contribution in [1.82, 2.24) is 0 Å². The van der Waals surface area contributed by atoms with Crippen molar-refractivity contribution in [1.29, 1.82) is 0 Å². The van der Waals surface area contributed by atoms with Crippen LogP contribution in [0.1, 0.15) is 65.2 Å². The summed E-state index contributed by atoms with van der Waals surface area (Å²) in [5.74, 6) is 1.34. The minimum atomic E-state index is 0.00347. The summed E-state index contributed by atoms with van der Waals surface area (Å²) in [6.45, 7) is 4.38. The maximum Gasteiger partial charge on any atom is 0.0565 e. The van der Waals surface area contributed by atoms with Gasteiger partial charge in [-0.2, -0.15) is 0 Å². The fourth-order valence-corrected chi connectivity index (χ4v) is 2.64. The molecule has 2 saturated carbocycles. The highest BCUT2D eigenvalue weighted by Crippen LogP contribution is 2.23. The molecule has 3 N–H and O–H groups in total. The largest absolute Gasteiger partial charge is 0.393 e. The van der Waals surface area contributed by atoms with Gasteiger partial charge in [0.15, 0.2) is 0 Å². The molecule has 16 heavy (non-hydrogen) atoms. The molecule has 2 rings (SSSR count). The second-order valence-corrected chi connectivity index (χ2v) is 5.75. The second kappa shape index (κ2) is 7.29. The lowest BCUT2D eigenvalue weighted by Gasteiger charge is -2.24. The van der Waals surface area contributed by atoms with Gasteiger partial charge in [0, 0.05) is 6.04 Å². The molecule has 0 radical (unpaired) electrons. The Morgan fingerprint density at radius 1 is 0.812 bits per heavy atom. The van der Waals surface area contributed by atoms with Crippen LogP contribution in [0.3, 0.4) is 0 Å². The molecule has 2 nitrogen and oxygen atoms in total. The summed E-state index contributed by atoms with van der Waals surface area (Å²) in [4.78, 5) is 0. The predicted octanol–water partition coefficient (Wildman–Crippen LogP) is 3.08. The summed E-state index contributed by atoms with van der Waals surface area (Å²) in [6.07, 6.45) is 10.2. The first-order chi connectivity index (χ1) is 7.61. The molecule has 0 saturated heterocycles. The van der Waals surface area contributed by atoms with Crippen LogP contribution in [0.4, 0.5) is 0 Å². The van der Waals surface area contributed by atoms with E-state index >= 15 is 0 Å². The SMILES string of the molecule is C[C@@H]1CCCC[C@@H]1N.C[C@H]1CCCC[C@H]1O. The number of nitrogens with two attached hydrogens (primary N) is 1. The van der Waals surface area contributed by atoms with Gasteiger partial charge in [0.25, 0.3) is 0 Å². The van der Waals surface area contributed by atoms with Crippen molar-refractivity contribution in [3.05, 3.63) is 0 Å². The average Bonchev–Trinajstić information content (AvgIpc) is 2.28. The Hall–Kier alpha value is -0.0800. The van der Waals surface area contributed by atoms with Crippen molar-refractivity contribution in [3.63, 3.8) is 0 Å². The lowest BCUT2D eigenvalue weighted by molar-refractivity contribution is 0.0793. The quantitative estimate of drug-likeness (QED) is 0.668. The number of aliphatic hydroxyl groups excluding tert-OH is 1. The van der Waals surface area contributed by atoms with Crippen molar-refractivity contribution >= 4 is 0 Å². The Morgan fingerprint density at radius 2 is 1.31 bits per heavy atom. The molecule has 0 unspecified atom stereocenters. The van der Waals surface area contributed by atoms with Gasteiger partial charge in [0.05, 0.1) is 6.10 Å². The molecule has 0 spiro atoms. The summed E-state index contributed by atoms with van der Waals surface area (Å²) in [5.41, 5.74) is 5.78. The molecule has 2 aliphatic rings. The first-order valence-electron chi connectivity index (χ1n) is 7.05. The van der Waals surface area contributed by atoms with Crippen LogP contribution in [0, 0.1) is 11.8 Å². The van der Waals surface area contributed by atoms with Gasteiger partial charge in [0.1, 0.15) is 0 Å². The molecule has 0 amide bonds. The molecular weight excluding hydrogens is 198 g/mol. The Labute approximate surface area is 101 Å². The summed E-state index contributed by atoms with van der Waals surface area (Å²) >= 11 is 0. The van der Waals surface area contributed by atoms with E-state index in [2.05, 4.69) is 13.8 Å². The van der Waals surface area contributed by atoms with E-state index in [1.165, 1.54) is 44.9 Å². The number of aliphatic hydroxyl groups is 1. The number of rotatable bonds is 0. The molecule has 2 heteroatoms. The Morgan fingerprint density at radius 3 is 1.62 bits per heavy atom. The number of hydrogen-bond acceptors (Lipinski definition) is 2. The monoisotopic (exact) mass is 227 g/mol. The van der Waals surface area contributed by atoms with Crippen molar-refractivity contribution in [2.45, 2.75) is 77.4 Å². The first kappa shape index (κ1) is 14.0. The van der Waals surface area contributed by atoms with E-state index in [9.17, 15) is 5.11 Å². The normalized spacial score (nSPS) is 39.8. The minimum absolute atomic E-state index is 0.00347. The van der Waals surface area contributed by atoms with Crippen LogP contribution < -0.4 is 5.73 Å². The maximum absolute atomic E-state index is 9.18. The van der Waals surface area contributed by atoms with E-state index in [4.69, 9.17) is 5.73 Å². The average molecular weight is 227 g/mol. The molecular formula is C14H29NO. The van der Waals surface area contributed by atoms with E-state index in [1.807, 2.05) is 0 Å². The van der Waals surface area contributed by atoms with E-state index in [0.717, 1.165) is 12.3 Å². The zero-order valence-corrected chi connectivity index (χ0v) is 11.0. The molecule has 2 fully saturated rings. The van der Waals surface area contributed by atoms with E-state index in [-0.39, 0.29) is 6.10 Å². The highest BCUT2D eigenvalue weighted by atomic mass is 16.3. The fraction of sp³-hybridized carbons (Fsp3) is 1.00. The first-order valence-corrected chi connectivity index (χ1v) is 7.05. The van der Waals surface area contributed by atoms with Gasteiger partial charge in [-0.15, -0.1) is 0 Å². The van der Waals surface area contributed by atoms with Gasteiger partial charge in [-0.05, 0) is 37.5 Å². The predicted molar refractivity (Wildman–Crippen MR) is 69.2 cm³/mol. The smallest absolute Gasteiger partial charge is 0.0565 e. The van der Waals surface area contributed by atoms with Gasteiger partial charge < -0.3 is 10.8 Å². The summed E-state index contributed by atoms with van der Waals surface area (Å²) in [7, 11) is 0. The Bertz CT molecular complexity index is 144. The van der Waals surface area contributed by atoms with Crippen LogP contribution in [0.15, 0.2) is 0 Å². The fourth-order valence-electron chi connectivity index (χ4n) is 2.64. The van der Waals surface area contributed by atoms with Crippen molar-refractivity contribution in [2.75, 3.05) is 0 Å². The molecule has 4 atom stereocenters. The molecule has 0 aromatic carbocycles. The van der Waals surface area contributed by atoms with Crippen LogP contribution in [-0.2, 0) is 0 Å². The van der Waals surface area contributed by atoms with Crippen LogP contribution in [0.5, 0.6) is 0 Å². The molecule has 0 heterocycles. The second-order valence-electron chi connectivity index (χ2n) is 5.75. The summed E-state index contributed by atoms with van der Waals surface area (Å²) in [6, 6.07) is 0.503. The number of hydrogen-bond donors (Lipinski definition) is 2. The van der Waals surface area contributed by atoms with Gasteiger partial charge in [-0.1, -0.05) is 39.5 Å². The molecule has 0 aromatic heterocycles. The van der Waals surface area contributed by atoms with Crippen LogP contribution >= 0.6 is 0 Å². The van der Waals surface area contributed by atoms with Crippen molar-refractivity contribution in [2.24, 2.45) is 17.6 Å². The highest BCUT2D eigenvalue weighted by molar-refractivity contribution is 4.73. The molecule has 2 aliphatic carbocycles. The summed E-state index contributed by atoms with van der Waals surface area (Å²) < 4.78 is 0. The third-order valence-corrected chi connectivity index (χ3v) is 4.24. The molecule has 96 valence electrons. The zero-order valence-electron chi connectivity index (χ0n) is 11.0. The van der Waals surface area contributed by atoms with E-state index in [1.54, 1.807) is 0 Å². The maximum atomic E-state index is 9.18. The van der Waals surface area contributed by atoms with Crippen LogP contribution in [-0.4, -0.2) is 17.3 Å². The van der Waals surface area contributed by atoms with Gasteiger partial charge in [-0.3, -0.25) is 0 Å². The van der Waals surface area contributed by atoms with Crippen molar-refractivity contribution in [3.8, 4) is 0 Å². The van der Waals surface area contributed by atoms with Crippen molar-refractivity contribution < 1.29 is 5.11 Å².